The molecule has 0 aliphatic carbocycles. The molecule has 12 nitrogen and oxygen atoms in total. The van der Waals surface area contributed by atoms with Crippen molar-refractivity contribution in [2.75, 3.05) is 72.9 Å². The number of hydrogen-bond donors (Lipinski definition) is 2. The summed E-state index contributed by atoms with van der Waals surface area (Å²) < 4.78 is 10.9. The summed E-state index contributed by atoms with van der Waals surface area (Å²) in [5.41, 5.74) is 2.48. The van der Waals surface area contributed by atoms with E-state index in [-0.39, 0.29) is 12.0 Å². The Labute approximate surface area is 246 Å². The summed E-state index contributed by atoms with van der Waals surface area (Å²) in [6.45, 7) is 12.6. The van der Waals surface area contributed by atoms with E-state index in [0.29, 0.717) is 62.4 Å². The molecule has 2 fully saturated rings. The van der Waals surface area contributed by atoms with Crippen LogP contribution in [-0.4, -0.2) is 89.9 Å². The Hall–Kier alpha value is -4.45. The predicted molar refractivity (Wildman–Crippen MR) is 162 cm³/mol. The molecule has 2 aromatic heterocycles. The van der Waals surface area contributed by atoms with Crippen LogP contribution >= 0.6 is 0 Å². The third-order valence-electron chi connectivity index (χ3n) is 6.96. The fraction of sp³-hybridized carbons (Fsp3) is 0.433. The second-order valence-corrected chi connectivity index (χ2v) is 11.3. The highest BCUT2D eigenvalue weighted by Crippen LogP contribution is 2.25. The van der Waals surface area contributed by atoms with E-state index in [4.69, 9.17) is 14.5 Å². The van der Waals surface area contributed by atoms with Gasteiger partial charge in [0.1, 0.15) is 17.2 Å². The SMILES string of the molecule is Cc1ccc(NC(=O)c2ccnc(N3CCOCC3)c2)cc1Nc1ccnc(N2CCN(C(=O)OC(C)(C)C)CC2)n1. The van der Waals surface area contributed by atoms with Crippen molar-refractivity contribution in [1.82, 2.24) is 19.9 Å². The molecule has 2 amide bonds. The van der Waals surface area contributed by atoms with Crippen molar-refractivity contribution in [3.05, 3.63) is 59.9 Å². The molecule has 0 spiro atoms. The molecule has 2 aliphatic heterocycles. The number of piperazine rings is 1. The second-order valence-electron chi connectivity index (χ2n) is 11.3. The first-order chi connectivity index (χ1) is 20.1. The maximum absolute atomic E-state index is 13.1. The van der Waals surface area contributed by atoms with Crippen molar-refractivity contribution >= 4 is 41.0 Å². The van der Waals surface area contributed by atoms with Gasteiger partial charge < -0.3 is 34.8 Å². The number of aromatic nitrogens is 3. The second kappa shape index (κ2) is 12.6. The molecule has 2 N–H and O–H groups in total. The van der Waals surface area contributed by atoms with Crippen LogP contribution in [0.4, 0.5) is 33.8 Å². The van der Waals surface area contributed by atoms with E-state index in [9.17, 15) is 9.59 Å². The average molecular weight is 575 g/mol. The summed E-state index contributed by atoms with van der Waals surface area (Å²) in [6, 6.07) is 11.0. The standard InChI is InChI=1S/C30H38N8O4/c1-21-5-6-23(33-27(39)22-7-9-31-26(19-22)36-15-17-41-18-16-36)20-24(21)34-25-8-10-32-28(35-25)37-11-13-38(14-12-37)29(40)42-30(2,3)4/h5-10,19-20H,11-18H2,1-4H3,(H,33,39)(H,32,34,35). The van der Waals surface area contributed by atoms with E-state index in [2.05, 4.69) is 30.4 Å². The zero-order chi connectivity index (χ0) is 29.7. The number of amides is 2. The van der Waals surface area contributed by atoms with Gasteiger partial charge in [-0.25, -0.2) is 14.8 Å². The van der Waals surface area contributed by atoms with Crippen LogP contribution in [0.3, 0.4) is 0 Å². The molecule has 3 aromatic rings. The van der Waals surface area contributed by atoms with Gasteiger partial charge in [-0.3, -0.25) is 4.79 Å². The minimum Gasteiger partial charge on any atom is -0.444 e. The Bertz CT molecular complexity index is 1410. The van der Waals surface area contributed by atoms with E-state index in [1.807, 2.05) is 52.0 Å². The average Bonchev–Trinajstić information content (AvgIpc) is 2.99. The summed E-state index contributed by atoms with van der Waals surface area (Å²) in [4.78, 5) is 45.0. The molecule has 0 radical (unpaired) electrons. The summed E-state index contributed by atoms with van der Waals surface area (Å²) in [6.07, 6.45) is 3.07. The van der Waals surface area contributed by atoms with Gasteiger partial charge in [0.2, 0.25) is 5.95 Å². The van der Waals surface area contributed by atoms with Gasteiger partial charge in [-0.05, 0) is 63.6 Å². The fourth-order valence-electron chi connectivity index (χ4n) is 4.69. The molecule has 222 valence electrons. The molecule has 0 atom stereocenters. The van der Waals surface area contributed by atoms with Crippen LogP contribution in [0, 0.1) is 6.92 Å². The van der Waals surface area contributed by atoms with Crippen LogP contribution in [0.15, 0.2) is 48.8 Å². The Morgan fingerprint density at radius 2 is 1.64 bits per heavy atom. The first-order valence-corrected chi connectivity index (χ1v) is 14.2. The van der Waals surface area contributed by atoms with Gasteiger partial charge in [-0.1, -0.05) is 6.07 Å². The fourth-order valence-corrected chi connectivity index (χ4v) is 4.69. The van der Waals surface area contributed by atoms with Crippen molar-refractivity contribution in [3.8, 4) is 0 Å². The highest BCUT2D eigenvalue weighted by atomic mass is 16.6. The Balaban J connectivity index is 1.22. The lowest BCUT2D eigenvalue weighted by Crippen LogP contribution is -2.50. The molecule has 0 saturated carbocycles. The predicted octanol–water partition coefficient (Wildman–Crippen LogP) is 4.07. The van der Waals surface area contributed by atoms with Gasteiger partial charge in [0, 0.05) is 68.6 Å². The van der Waals surface area contributed by atoms with Crippen molar-refractivity contribution in [3.63, 3.8) is 0 Å². The zero-order valence-electron chi connectivity index (χ0n) is 24.6. The smallest absolute Gasteiger partial charge is 0.410 e. The first-order valence-electron chi connectivity index (χ1n) is 14.2. The van der Waals surface area contributed by atoms with Gasteiger partial charge in [0.25, 0.3) is 5.91 Å². The lowest BCUT2D eigenvalue weighted by Gasteiger charge is -2.35. The molecule has 0 unspecified atom stereocenters. The number of benzene rings is 1. The third-order valence-corrected chi connectivity index (χ3v) is 6.96. The van der Waals surface area contributed by atoms with Crippen LogP contribution in [0.2, 0.25) is 0 Å². The topological polar surface area (TPSA) is 125 Å². The highest BCUT2D eigenvalue weighted by molar-refractivity contribution is 6.05. The van der Waals surface area contributed by atoms with E-state index in [1.54, 1.807) is 29.4 Å². The molecular weight excluding hydrogens is 536 g/mol. The number of aryl methyl sites for hydroxylation is 1. The number of carbonyl (C=O) groups excluding carboxylic acids is 2. The number of carbonyl (C=O) groups is 2. The molecule has 42 heavy (non-hydrogen) atoms. The van der Waals surface area contributed by atoms with Crippen molar-refractivity contribution in [2.45, 2.75) is 33.3 Å². The van der Waals surface area contributed by atoms with E-state index in [0.717, 1.165) is 30.2 Å². The van der Waals surface area contributed by atoms with Gasteiger partial charge in [-0.2, -0.15) is 4.98 Å². The van der Waals surface area contributed by atoms with E-state index < -0.39 is 5.60 Å². The highest BCUT2D eigenvalue weighted by Gasteiger charge is 2.27. The molecule has 0 bridgehead atoms. The maximum atomic E-state index is 13.1. The molecule has 4 heterocycles. The first kappa shape index (κ1) is 29.1. The largest absolute Gasteiger partial charge is 0.444 e. The van der Waals surface area contributed by atoms with Gasteiger partial charge in [-0.15, -0.1) is 0 Å². The number of nitrogens with zero attached hydrogens (tertiary/aromatic N) is 6. The van der Waals surface area contributed by atoms with Crippen molar-refractivity contribution < 1.29 is 19.1 Å². The molecule has 12 heteroatoms. The summed E-state index contributed by atoms with van der Waals surface area (Å²) >= 11 is 0. The summed E-state index contributed by atoms with van der Waals surface area (Å²) in [7, 11) is 0. The van der Waals surface area contributed by atoms with Crippen LogP contribution in [-0.2, 0) is 9.47 Å². The van der Waals surface area contributed by atoms with Crippen molar-refractivity contribution in [1.29, 1.82) is 0 Å². The lowest BCUT2D eigenvalue weighted by molar-refractivity contribution is 0.0240. The Morgan fingerprint density at radius 3 is 2.38 bits per heavy atom. The van der Waals surface area contributed by atoms with Gasteiger partial charge in [0.15, 0.2) is 0 Å². The molecule has 2 saturated heterocycles. The number of rotatable bonds is 6. The van der Waals surface area contributed by atoms with Gasteiger partial charge in [0.05, 0.1) is 13.2 Å². The zero-order valence-corrected chi connectivity index (χ0v) is 24.6. The molecular formula is C30H38N8O4. The number of hydrogen-bond acceptors (Lipinski definition) is 10. The van der Waals surface area contributed by atoms with Crippen LogP contribution in [0.5, 0.6) is 0 Å². The van der Waals surface area contributed by atoms with E-state index >= 15 is 0 Å². The minimum atomic E-state index is -0.527. The van der Waals surface area contributed by atoms with Crippen molar-refractivity contribution in [2.24, 2.45) is 0 Å². The summed E-state index contributed by atoms with van der Waals surface area (Å²) in [5, 5.41) is 6.37. The normalized spacial score (nSPS) is 15.8. The van der Waals surface area contributed by atoms with Crippen LogP contribution in [0.25, 0.3) is 0 Å². The molecule has 2 aliphatic rings. The summed E-state index contributed by atoms with van der Waals surface area (Å²) in [5.74, 6) is 1.77. The third kappa shape index (κ3) is 7.43. The number of morpholine rings is 1. The quantitative estimate of drug-likeness (QED) is 0.445. The Kier molecular flexibility index (Phi) is 8.72. The van der Waals surface area contributed by atoms with Crippen LogP contribution < -0.4 is 20.4 Å². The van der Waals surface area contributed by atoms with E-state index in [1.165, 1.54) is 0 Å². The minimum absolute atomic E-state index is 0.212. The lowest BCUT2D eigenvalue weighted by atomic mass is 10.1. The monoisotopic (exact) mass is 574 g/mol. The van der Waals surface area contributed by atoms with Gasteiger partial charge >= 0.3 is 6.09 Å². The molecule has 5 rings (SSSR count). The number of ether oxygens (including phenoxy) is 2. The number of nitrogens with one attached hydrogen (secondary N) is 2. The number of pyridine rings is 1. The van der Waals surface area contributed by atoms with Crippen LogP contribution in [0.1, 0.15) is 36.7 Å². The maximum Gasteiger partial charge on any atom is 0.410 e. The molecule has 1 aromatic carbocycles. The Morgan fingerprint density at radius 1 is 0.905 bits per heavy atom. The number of anilines is 5.